The summed E-state index contributed by atoms with van der Waals surface area (Å²) < 4.78 is 41.4. The third-order valence-corrected chi connectivity index (χ3v) is 2.70. The van der Waals surface area contributed by atoms with Crippen LogP contribution >= 0.6 is 0 Å². The molecule has 3 unspecified atom stereocenters. The molecular weight excluding hydrogens is 209 g/mol. The van der Waals surface area contributed by atoms with Crippen LogP contribution in [-0.2, 0) is 0 Å². The van der Waals surface area contributed by atoms with Gasteiger partial charge in [0, 0.05) is 5.92 Å². The summed E-state index contributed by atoms with van der Waals surface area (Å²) in [6, 6.07) is 2.71. The lowest BCUT2D eigenvalue weighted by atomic mass is 10.2. The van der Waals surface area contributed by atoms with Crippen LogP contribution in [0, 0.1) is 5.92 Å². The Morgan fingerprint density at radius 2 is 2.07 bits per heavy atom. The molecule has 1 saturated carbocycles. The van der Waals surface area contributed by atoms with Crippen molar-refractivity contribution in [1.82, 2.24) is 0 Å². The molecule has 1 N–H and O–H groups in total. The average molecular weight is 220 g/mol. The second kappa shape index (κ2) is 3.27. The lowest BCUT2D eigenvalue weighted by Crippen LogP contribution is -2.19. The van der Waals surface area contributed by atoms with E-state index < -0.39 is 18.0 Å². The summed E-state index contributed by atoms with van der Waals surface area (Å²) in [5.41, 5.74) is 0. The summed E-state index contributed by atoms with van der Waals surface area (Å²) in [5, 5.41) is 8.92. The van der Waals surface area contributed by atoms with Crippen molar-refractivity contribution in [2.24, 2.45) is 5.92 Å². The van der Waals surface area contributed by atoms with E-state index in [9.17, 15) is 13.2 Å². The first-order chi connectivity index (χ1) is 6.89. The number of furan rings is 1. The molecule has 1 fully saturated rings. The van der Waals surface area contributed by atoms with Crippen molar-refractivity contribution in [2.75, 3.05) is 0 Å². The van der Waals surface area contributed by atoms with Gasteiger partial charge in [0.15, 0.2) is 0 Å². The van der Waals surface area contributed by atoms with Gasteiger partial charge in [0.25, 0.3) is 0 Å². The third-order valence-electron chi connectivity index (χ3n) is 2.70. The number of aliphatic hydroxyl groups is 1. The van der Waals surface area contributed by atoms with Gasteiger partial charge in [0.2, 0.25) is 6.10 Å². The first-order valence-electron chi connectivity index (χ1n) is 4.74. The van der Waals surface area contributed by atoms with E-state index in [2.05, 4.69) is 0 Å². The minimum absolute atomic E-state index is 0.221. The molecule has 1 heterocycles. The van der Waals surface area contributed by atoms with Crippen LogP contribution in [0.25, 0.3) is 0 Å². The Bertz CT molecular complexity index is 356. The van der Waals surface area contributed by atoms with Crippen LogP contribution in [0.3, 0.4) is 0 Å². The van der Waals surface area contributed by atoms with Crippen LogP contribution in [0.15, 0.2) is 16.5 Å². The maximum atomic E-state index is 12.1. The summed E-state index contributed by atoms with van der Waals surface area (Å²) in [7, 11) is 0. The van der Waals surface area contributed by atoms with Gasteiger partial charge in [-0.3, -0.25) is 0 Å². The zero-order valence-corrected chi connectivity index (χ0v) is 8.08. The van der Waals surface area contributed by atoms with Gasteiger partial charge in [-0.05, 0) is 24.5 Å². The molecule has 1 aliphatic carbocycles. The smallest absolute Gasteiger partial charge is 0.421 e. The van der Waals surface area contributed by atoms with Crippen LogP contribution in [0.5, 0.6) is 0 Å². The molecule has 0 radical (unpaired) electrons. The Balaban J connectivity index is 2.13. The van der Waals surface area contributed by atoms with Gasteiger partial charge >= 0.3 is 6.18 Å². The van der Waals surface area contributed by atoms with Crippen molar-refractivity contribution in [1.29, 1.82) is 0 Å². The van der Waals surface area contributed by atoms with E-state index in [1.165, 1.54) is 12.1 Å². The second-order valence-electron chi connectivity index (χ2n) is 4.00. The largest absolute Gasteiger partial charge is 0.463 e. The second-order valence-corrected chi connectivity index (χ2v) is 4.00. The number of halogens is 3. The van der Waals surface area contributed by atoms with E-state index in [-0.39, 0.29) is 5.92 Å². The minimum atomic E-state index is -4.66. The number of rotatable bonds is 2. The first-order valence-corrected chi connectivity index (χ1v) is 4.74. The standard InChI is InChI=1S/C10H11F3O2/c1-5-4-6(5)7-2-3-8(15-7)9(14)10(11,12)13/h2-3,5-6,9,14H,4H2,1H3. The van der Waals surface area contributed by atoms with Crippen LogP contribution in [0.1, 0.15) is 36.9 Å². The summed E-state index contributed by atoms with van der Waals surface area (Å²) in [4.78, 5) is 0. The molecule has 1 aromatic rings. The number of aliphatic hydroxyl groups excluding tert-OH is 1. The van der Waals surface area contributed by atoms with Gasteiger partial charge in [-0.15, -0.1) is 0 Å². The minimum Gasteiger partial charge on any atom is -0.463 e. The molecule has 3 atom stereocenters. The summed E-state index contributed by atoms with van der Waals surface area (Å²) >= 11 is 0. The summed E-state index contributed by atoms with van der Waals surface area (Å²) in [6.45, 7) is 2.01. The van der Waals surface area contributed by atoms with Crippen LogP contribution in [0.4, 0.5) is 13.2 Å². The average Bonchev–Trinajstić information content (AvgIpc) is 2.67. The van der Waals surface area contributed by atoms with Crippen LogP contribution < -0.4 is 0 Å². The Morgan fingerprint density at radius 1 is 1.47 bits per heavy atom. The molecule has 1 aliphatic rings. The van der Waals surface area contributed by atoms with E-state index in [4.69, 9.17) is 9.52 Å². The van der Waals surface area contributed by atoms with Crippen molar-refractivity contribution < 1.29 is 22.7 Å². The molecule has 15 heavy (non-hydrogen) atoms. The van der Waals surface area contributed by atoms with E-state index in [0.29, 0.717) is 11.7 Å². The molecule has 0 bridgehead atoms. The zero-order valence-electron chi connectivity index (χ0n) is 8.08. The molecule has 0 amide bonds. The SMILES string of the molecule is CC1CC1c1ccc(C(O)C(F)(F)F)o1. The van der Waals surface area contributed by atoms with E-state index in [1.54, 1.807) is 0 Å². The highest BCUT2D eigenvalue weighted by atomic mass is 19.4. The third kappa shape index (κ3) is 2.02. The summed E-state index contributed by atoms with van der Waals surface area (Å²) in [5.74, 6) is 0.809. The Kier molecular flexibility index (Phi) is 2.30. The van der Waals surface area contributed by atoms with Crippen molar-refractivity contribution in [3.63, 3.8) is 0 Å². The maximum Gasteiger partial charge on any atom is 0.421 e. The van der Waals surface area contributed by atoms with Gasteiger partial charge in [0.05, 0.1) is 0 Å². The Morgan fingerprint density at radius 3 is 2.53 bits per heavy atom. The quantitative estimate of drug-likeness (QED) is 0.831. The van der Waals surface area contributed by atoms with Crippen molar-refractivity contribution >= 4 is 0 Å². The Hall–Kier alpha value is -0.970. The van der Waals surface area contributed by atoms with Gasteiger partial charge < -0.3 is 9.52 Å². The van der Waals surface area contributed by atoms with E-state index in [1.807, 2.05) is 6.92 Å². The topological polar surface area (TPSA) is 33.4 Å². The normalized spacial score (nSPS) is 27.8. The lowest BCUT2D eigenvalue weighted by Gasteiger charge is -2.11. The highest BCUT2D eigenvalue weighted by Gasteiger charge is 2.43. The maximum absolute atomic E-state index is 12.1. The fourth-order valence-corrected chi connectivity index (χ4v) is 1.59. The Labute approximate surface area is 84.7 Å². The predicted octanol–water partition coefficient (Wildman–Crippen LogP) is 3.00. The van der Waals surface area contributed by atoms with Gasteiger partial charge in [-0.2, -0.15) is 13.2 Å². The molecule has 0 aromatic carbocycles. The molecule has 0 aliphatic heterocycles. The molecular formula is C10H11F3O2. The van der Waals surface area contributed by atoms with Crippen molar-refractivity contribution in [2.45, 2.75) is 31.5 Å². The highest BCUT2D eigenvalue weighted by molar-refractivity contribution is 5.19. The number of alkyl halides is 3. The van der Waals surface area contributed by atoms with E-state index >= 15 is 0 Å². The van der Waals surface area contributed by atoms with Crippen LogP contribution in [0.2, 0.25) is 0 Å². The monoisotopic (exact) mass is 220 g/mol. The first kappa shape index (κ1) is 10.5. The number of hydrogen-bond acceptors (Lipinski definition) is 2. The van der Waals surface area contributed by atoms with Gasteiger partial charge in [0.1, 0.15) is 11.5 Å². The van der Waals surface area contributed by atoms with Crippen LogP contribution in [-0.4, -0.2) is 11.3 Å². The highest BCUT2D eigenvalue weighted by Crippen LogP contribution is 2.48. The molecule has 84 valence electrons. The predicted molar refractivity (Wildman–Crippen MR) is 46.2 cm³/mol. The fourth-order valence-electron chi connectivity index (χ4n) is 1.59. The molecule has 1 aromatic heterocycles. The number of hydrogen-bond donors (Lipinski definition) is 1. The van der Waals surface area contributed by atoms with Gasteiger partial charge in [-0.1, -0.05) is 6.92 Å². The molecule has 0 saturated heterocycles. The molecule has 0 spiro atoms. The van der Waals surface area contributed by atoms with Crippen molar-refractivity contribution in [3.8, 4) is 0 Å². The molecule has 2 rings (SSSR count). The fraction of sp³-hybridized carbons (Fsp3) is 0.600. The lowest BCUT2D eigenvalue weighted by molar-refractivity contribution is -0.211. The van der Waals surface area contributed by atoms with E-state index in [0.717, 1.165) is 6.42 Å². The van der Waals surface area contributed by atoms with Gasteiger partial charge in [-0.25, -0.2) is 0 Å². The zero-order chi connectivity index (χ0) is 11.2. The summed E-state index contributed by atoms with van der Waals surface area (Å²) in [6.07, 6.45) is -6.24. The molecule has 2 nitrogen and oxygen atoms in total. The van der Waals surface area contributed by atoms with Crippen molar-refractivity contribution in [3.05, 3.63) is 23.7 Å². The molecule has 5 heteroatoms.